The quantitative estimate of drug-likeness (QED) is 0.510. The van der Waals surface area contributed by atoms with Gasteiger partial charge in [-0.05, 0) is 30.3 Å². The van der Waals surface area contributed by atoms with E-state index in [1.165, 1.54) is 6.20 Å². The van der Waals surface area contributed by atoms with E-state index in [-0.39, 0.29) is 10.7 Å². The summed E-state index contributed by atoms with van der Waals surface area (Å²) in [6, 6.07) is 10.0. The van der Waals surface area contributed by atoms with Gasteiger partial charge in [-0.25, -0.2) is 9.97 Å². The number of benzene rings is 1. The smallest absolute Gasteiger partial charge is 0.258 e. The summed E-state index contributed by atoms with van der Waals surface area (Å²) in [4.78, 5) is 24.7. The fourth-order valence-electron chi connectivity index (χ4n) is 2.40. The number of nitrogens with one attached hydrogen (secondary N) is 1. The zero-order chi connectivity index (χ0) is 18.1. The number of pyridine rings is 2. The number of rotatable bonds is 3. The van der Waals surface area contributed by atoms with E-state index in [0.717, 1.165) is 0 Å². The first-order chi connectivity index (χ1) is 12.6. The molecule has 0 atom stereocenters. The molecule has 1 amide bonds. The Hall–Kier alpha value is -2.96. The van der Waals surface area contributed by atoms with Crippen LogP contribution in [0.1, 0.15) is 10.4 Å². The van der Waals surface area contributed by atoms with E-state index in [1.807, 2.05) is 0 Å². The molecule has 0 unspecified atom stereocenters. The van der Waals surface area contributed by atoms with Crippen molar-refractivity contribution in [1.82, 2.24) is 15.0 Å². The van der Waals surface area contributed by atoms with Crippen molar-refractivity contribution in [2.24, 2.45) is 0 Å². The molecule has 3 aromatic heterocycles. The van der Waals surface area contributed by atoms with Gasteiger partial charge in [0.25, 0.3) is 5.91 Å². The minimum atomic E-state index is -0.413. The van der Waals surface area contributed by atoms with Gasteiger partial charge in [0.1, 0.15) is 10.7 Å². The number of carbonyl (C=O) groups is 1. The molecule has 0 saturated heterocycles. The van der Waals surface area contributed by atoms with Crippen molar-refractivity contribution in [3.63, 3.8) is 0 Å². The van der Waals surface area contributed by atoms with Crippen LogP contribution in [-0.2, 0) is 0 Å². The van der Waals surface area contributed by atoms with Crippen molar-refractivity contribution in [1.29, 1.82) is 0 Å². The second kappa shape index (κ2) is 6.74. The third-order valence-corrected chi connectivity index (χ3v) is 4.29. The average Bonchev–Trinajstić information content (AvgIpc) is 3.08. The number of anilines is 1. The number of aromatic nitrogens is 3. The molecule has 0 bridgehead atoms. The van der Waals surface area contributed by atoms with Gasteiger partial charge in [-0.2, -0.15) is 0 Å². The van der Waals surface area contributed by atoms with Gasteiger partial charge in [-0.15, -0.1) is 0 Å². The lowest BCUT2D eigenvalue weighted by Crippen LogP contribution is -2.13. The molecule has 8 heteroatoms. The Morgan fingerprint density at radius 1 is 1.12 bits per heavy atom. The standard InChI is InChI=1S/C18H10Cl2N4O2/c19-12-4-3-10(18-24-14-9-21-7-5-15(14)26-18)8-13(12)23-17(25)11-2-1-6-22-16(11)20/h1-9H,(H,23,25). The topological polar surface area (TPSA) is 80.9 Å². The summed E-state index contributed by atoms with van der Waals surface area (Å²) in [6.45, 7) is 0. The van der Waals surface area contributed by atoms with Crippen LogP contribution in [0.2, 0.25) is 10.2 Å². The summed E-state index contributed by atoms with van der Waals surface area (Å²) >= 11 is 12.2. The fourth-order valence-corrected chi connectivity index (χ4v) is 2.77. The number of fused-ring (bicyclic) bond motifs is 1. The number of nitrogens with zero attached hydrogens (tertiary/aromatic N) is 3. The van der Waals surface area contributed by atoms with Crippen LogP contribution in [0.15, 0.2) is 59.4 Å². The number of carbonyl (C=O) groups excluding carboxylic acids is 1. The zero-order valence-corrected chi connectivity index (χ0v) is 14.6. The molecule has 128 valence electrons. The van der Waals surface area contributed by atoms with E-state index in [4.69, 9.17) is 27.6 Å². The van der Waals surface area contributed by atoms with Crippen molar-refractivity contribution in [3.8, 4) is 11.5 Å². The Kier molecular flexibility index (Phi) is 4.28. The Bertz CT molecular complexity index is 1090. The van der Waals surface area contributed by atoms with Crippen molar-refractivity contribution >= 4 is 45.9 Å². The molecular formula is C18H10Cl2N4O2. The Labute approximate surface area is 157 Å². The highest BCUT2D eigenvalue weighted by atomic mass is 35.5. The SMILES string of the molecule is O=C(Nc1cc(-c2nc3cnccc3o2)ccc1Cl)c1cccnc1Cl. The van der Waals surface area contributed by atoms with E-state index in [0.29, 0.717) is 33.3 Å². The number of hydrogen-bond donors (Lipinski definition) is 1. The molecule has 1 N–H and O–H groups in total. The normalized spacial score (nSPS) is 10.8. The summed E-state index contributed by atoms with van der Waals surface area (Å²) in [5.74, 6) is -0.0107. The van der Waals surface area contributed by atoms with Crippen LogP contribution >= 0.6 is 23.2 Å². The molecule has 0 saturated carbocycles. The van der Waals surface area contributed by atoms with Gasteiger partial charge in [-0.3, -0.25) is 9.78 Å². The van der Waals surface area contributed by atoms with Crippen molar-refractivity contribution in [2.75, 3.05) is 5.32 Å². The van der Waals surface area contributed by atoms with Gasteiger partial charge in [0, 0.05) is 24.0 Å². The molecule has 3 heterocycles. The fraction of sp³-hybridized carbons (Fsp3) is 0. The summed E-state index contributed by atoms with van der Waals surface area (Å²) in [6.07, 6.45) is 4.75. The lowest BCUT2D eigenvalue weighted by atomic mass is 10.2. The lowest BCUT2D eigenvalue weighted by Gasteiger charge is -2.09. The predicted octanol–water partition coefficient (Wildman–Crippen LogP) is 4.84. The van der Waals surface area contributed by atoms with Crippen molar-refractivity contribution in [3.05, 3.63) is 70.7 Å². The van der Waals surface area contributed by atoms with E-state index in [2.05, 4.69) is 20.3 Å². The Morgan fingerprint density at radius 2 is 2.00 bits per heavy atom. The molecule has 6 nitrogen and oxygen atoms in total. The number of oxazole rings is 1. The van der Waals surface area contributed by atoms with Crippen LogP contribution in [0, 0.1) is 0 Å². The summed E-state index contributed by atoms with van der Waals surface area (Å²) in [5, 5.41) is 3.22. The predicted molar refractivity (Wildman–Crippen MR) is 99.5 cm³/mol. The van der Waals surface area contributed by atoms with E-state index in [1.54, 1.807) is 48.8 Å². The van der Waals surface area contributed by atoms with E-state index >= 15 is 0 Å². The third-order valence-electron chi connectivity index (χ3n) is 3.66. The van der Waals surface area contributed by atoms with E-state index in [9.17, 15) is 4.79 Å². The van der Waals surface area contributed by atoms with Gasteiger partial charge in [0.2, 0.25) is 5.89 Å². The number of halogens is 2. The Balaban J connectivity index is 1.68. The molecule has 1 aromatic carbocycles. The van der Waals surface area contributed by atoms with Crippen LogP contribution in [0.25, 0.3) is 22.6 Å². The molecule has 0 aliphatic heterocycles. The Morgan fingerprint density at radius 3 is 2.81 bits per heavy atom. The molecule has 26 heavy (non-hydrogen) atoms. The van der Waals surface area contributed by atoms with Gasteiger partial charge >= 0.3 is 0 Å². The summed E-state index contributed by atoms with van der Waals surface area (Å²) in [7, 11) is 0. The molecule has 0 fully saturated rings. The second-order valence-electron chi connectivity index (χ2n) is 5.35. The average molecular weight is 385 g/mol. The van der Waals surface area contributed by atoms with Crippen LogP contribution < -0.4 is 5.32 Å². The number of hydrogen-bond acceptors (Lipinski definition) is 5. The maximum atomic E-state index is 12.4. The molecule has 0 aliphatic carbocycles. The first kappa shape index (κ1) is 16.5. The highest BCUT2D eigenvalue weighted by Crippen LogP contribution is 2.30. The third kappa shape index (κ3) is 3.12. The van der Waals surface area contributed by atoms with Crippen LogP contribution in [0.4, 0.5) is 5.69 Å². The molecule has 4 aromatic rings. The van der Waals surface area contributed by atoms with Gasteiger partial charge in [-0.1, -0.05) is 23.2 Å². The zero-order valence-electron chi connectivity index (χ0n) is 13.1. The molecule has 4 rings (SSSR count). The molecule has 0 aliphatic rings. The highest BCUT2D eigenvalue weighted by molar-refractivity contribution is 6.35. The summed E-state index contributed by atoms with van der Waals surface area (Å²) < 4.78 is 5.72. The van der Waals surface area contributed by atoms with Gasteiger partial charge in [0.05, 0.1) is 22.5 Å². The minimum absolute atomic E-state index is 0.115. The van der Waals surface area contributed by atoms with Crippen LogP contribution in [-0.4, -0.2) is 20.9 Å². The number of amides is 1. The second-order valence-corrected chi connectivity index (χ2v) is 6.12. The van der Waals surface area contributed by atoms with Crippen LogP contribution in [0.3, 0.4) is 0 Å². The largest absolute Gasteiger partial charge is 0.436 e. The van der Waals surface area contributed by atoms with Crippen LogP contribution in [0.5, 0.6) is 0 Å². The van der Waals surface area contributed by atoms with Crippen molar-refractivity contribution in [2.45, 2.75) is 0 Å². The monoisotopic (exact) mass is 384 g/mol. The molecule has 0 radical (unpaired) electrons. The molecule has 0 spiro atoms. The first-order valence-corrected chi connectivity index (χ1v) is 8.30. The summed E-state index contributed by atoms with van der Waals surface area (Å²) in [5.41, 5.74) is 2.60. The maximum Gasteiger partial charge on any atom is 0.258 e. The minimum Gasteiger partial charge on any atom is -0.436 e. The van der Waals surface area contributed by atoms with E-state index < -0.39 is 5.91 Å². The van der Waals surface area contributed by atoms with Gasteiger partial charge < -0.3 is 9.73 Å². The first-order valence-electron chi connectivity index (χ1n) is 7.54. The molecular weight excluding hydrogens is 375 g/mol. The van der Waals surface area contributed by atoms with Gasteiger partial charge in [0.15, 0.2) is 5.58 Å². The lowest BCUT2D eigenvalue weighted by molar-refractivity contribution is 0.102. The highest BCUT2D eigenvalue weighted by Gasteiger charge is 2.15. The van der Waals surface area contributed by atoms with Crippen molar-refractivity contribution < 1.29 is 9.21 Å². The maximum absolute atomic E-state index is 12.4.